The van der Waals surface area contributed by atoms with Crippen LogP contribution < -0.4 is 0 Å². The molecule has 2 bridgehead atoms. The van der Waals surface area contributed by atoms with Crippen LogP contribution >= 0.6 is 0 Å². The Hall–Kier alpha value is -0.990. The molecular formula is C22H39NO2. The molecule has 0 spiro atoms. The first-order chi connectivity index (χ1) is 11.9. The van der Waals surface area contributed by atoms with E-state index in [1.165, 1.54) is 57.8 Å². The molecule has 1 saturated heterocycles. The van der Waals surface area contributed by atoms with Gasteiger partial charge in [0.15, 0.2) is 0 Å². The summed E-state index contributed by atoms with van der Waals surface area (Å²) >= 11 is 0. The maximum absolute atomic E-state index is 12.5. The highest BCUT2D eigenvalue weighted by Crippen LogP contribution is 2.37. The van der Waals surface area contributed by atoms with E-state index in [2.05, 4.69) is 13.0 Å². The van der Waals surface area contributed by atoms with Crippen molar-refractivity contribution >= 4 is 6.09 Å². The third-order valence-electron chi connectivity index (χ3n) is 5.43. The fourth-order valence-corrected chi connectivity index (χ4v) is 4.19. The highest BCUT2D eigenvalue weighted by atomic mass is 16.6. The summed E-state index contributed by atoms with van der Waals surface area (Å²) in [5.41, 5.74) is 1.18. The molecule has 0 aromatic rings. The molecule has 2 aliphatic heterocycles. The van der Waals surface area contributed by atoms with E-state index in [0.29, 0.717) is 6.04 Å². The fourth-order valence-electron chi connectivity index (χ4n) is 4.19. The minimum Gasteiger partial charge on any atom is -0.444 e. The summed E-state index contributed by atoms with van der Waals surface area (Å²) in [5.74, 6) is 0. The van der Waals surface area contributed by atoms with Gasteiger partial charge in [0.25, 0.3) is 0 Å². The second-order valence-corrected chi connectivity index (χ2v) is 8.94. The molecule has 1 fully saturated rings. The SMILES string of the molecule is CCCCCCCCCCC1=CC2CCC(C1)N2C(=O)OC(C)(C)C. The normalized spacial score (nSPS) is 22.9. The smallest absolute Gasteiger partial charge is 0.411 e. The van der Waals surface area contributed by atoms with E-state index in [0.717, 1.165) is 19.3 Å². The molecule has 0 saturated carbocycles. The lowest BCUT2D eigenvalue weighted by molar-refractivity contribution is 0.0166. The lowest BCUT2D eigenvalue weighted by atomic mass is 9.96. The van der Waals surface area contributed by atoms with Gasteiger partial charge < -0.3 is 4.74 Å². The van der Waals surface area contributed by atoms with Gasteiger partial charge >= 0.3 is 6.09 Å². The Morgan fingerprint density at radius 1 is 1.08 bits per heavy atom. The summed E-state index contributed by atoms with van der Waals surface area (Å²) < 4.78 is 5.60. The Bertz CT molecular complexity index is 449. The summed E-state index contributed by atoms with van der Waals surface area (Å²) in [6, 6.07) is 0.645. The molecule has 2 aliphatic rings. The third-order valence-corrected chi connectivity index (χ3v) is 5.43. The summed E-state index contributed by atoms with van der Waals surface area (Å²) in [4.78, 5) is 14.5. The number of carbonyl (C=O) groups excluding carboxylic acids is 1. The molecule has 0 aromatic carbocycles. The lowest BCUT2D eigenvalue weighted by Crippen LogP contribution is -2.45. The van der Waals surface area contributed by atoms with E-state index in [1.807, 2.05) is 25.7 Å². The molecule has 0 aliphatic carbocycles. The maximum Gasteiger partial charge on any atom is 0.411 e. The summed E-state index contributed by atoms with van der Waals surface area (Å²) in [5, 5.41) is 0. The van der Waals surface area contributed by atoms with Crippen molar-refractivity contribution in [1.82, 2.24) is 4.90 Å². The predicted octanol–water partition coefficient (Wildman–Crippen LogP) is 6.62. The molecule has 1 amide bonds. The van der Waals surface area contributed by atoms with E-state index < -0.39 is 5.60 Å². The second kappa shape index (κ2) is 9.64. The Balaban J connectivity index is 1.70. The molecule has 3 nitrogen and oxygen atoms in total. The van der Waals surface area contributed by atoms with Crippen LogP contribution in [0, 0.1) is 0 Å². The van der Waals surface area contributed by atoms with Crippen molar-refractivity contribution in [2.24, 2.45) is 0 Å². The van der Waals surface area contributed by atoms with Gasteiger partial charge in [-0.15, -0.1) is 0 Å². The Morgan fingerprint density at radius 3 is 2.32 bits per heavy atom. The van der Waals surface area contributed by atoms with Crippen molar-refractivity contribution in [1.29, 1.82) is 0 Å². The van der Waals surface area contributed by atoms with Crippen LogP contribution in [0.15, 0.2) is 11.6 Å². The number of unbranched alkanes of at least 4 members (excludes halogenated alkanes) is 7. The van der Waals surface area contributed by atoms with Gasteiger partial charge in [-0.2, -0.15) is 0 Å². The molecule has 2 atom stereocenters. The molecule has 3 heteroatoms. The van der Waals surface area contributed by atoms with Crippen LogP contribution in [0.3, 0.4) is 0 Å². The van der Waals surface area contributed by atoms with Gasteiger partial charge in [0, 0.05) is 6.04 Å². The fraction of sp³-hybridized carbons (Fsp3) is 0.864. The minimum atomic E-state index is -0.405. The van der Waals surface area contributed by atoms with Crippen molar-refractivity contribution < 1.29 is 9.53 Å². The van der Waals surface area contributed by atoms with E-state index >= 15 is 0 Å². The molecule has 0 N–H and O–H groups in total. The van der Waals surface area contributed by atoms with Crippen LogP contribution in [0.5, 0.6) is 0 Å². The first-order valence-corrected chi connectivity index (χ1v) is 10.6. The van der Waals surface area contributed by atoms with Crippen molar-refractivity contribution in [3.63, 3.8) is 0 Å². The highest BCUT2D eigenvalue weighted by Gasteiger charge is 2.41. The van der Waals surface area contributed by atoms with Gasteiger partial charge in [0.1, 0.15) is 5.60 Å². The quantitative estimate of drug-likeness (QED) is 0.346. The first kappa shape index (κ1) is 20.3. The van der Waals surface area contributed by atoms with Gasteiger partial charge in [0.05, 0.1) is 6.04 Å². The number of ether oxygens (including phenoxy) is 1. The van der Waals surface area contributed by atoms with Crippen molar-refractivity contribution in [2.45, 2.75) is 122 Å². The number of carbonyl (C=O) groups is 1. The molecule has 0 aromatic heterocycles. The van der Waals surface area contributed by atoms with Gasteiger partial charge in [-0.1, -0.05) is 63.5 Å². The third kappa shape index (κ3) is 6.67. The Labute approximate surface area is 155 Å². The van der Waals surface area contributed by atoms with Gasteiger partial charge in [-0.3, -0.25) is 4.90 Å². The zero-order valence-corrected chi connectivity index (χ0v) is 17.0. The summed E-state index contributed by atoms with van der Waals surface area (Å²) in [6.45, 7) is 8.11. The number of hydrogen-bond acceptors (Lipinski definition) is 2. The molecule has 2 unspecified atom stereocenters. The first-order valence-electron chi connectivity index (χ1n) is 10.6. The molecular weight excluding hydrogens is 310 g/mol. The Morgan fingerprint density at radius 2 is 1.72 bits per heavy atom. The van der Waals surface area contributed by atoms with Crippen molar-refractivity contribution in [2.75, 3.05) is 0 Å². The molecule has 0 radical (unpaired) electrons. The van der Waals surface area contributed by atoms with Gasteiger partial charge in [-0.05, 0) is 52.9 Å². The summed E-state index contributed by atoms with van der Waals surface area (Å²) in [6.07, 6.45) is 17.8. The largest absolute Gasteiger partial charge is 0.444 e. The van der Waals surface area contributed by atoms with Crippen molar-refractivity contribution in [3.8, 4) is 0 Å². The van der Waals surface area contributed by atoms with Gasteiger partial charge in [-0.25, -0.2) is 4.79 Å². The second-order valence-electron chi connectivity index (χ2n) is 8.94. The zero-order valence-electron chi connectivity index (χ0n) is 17.0. The highest BCUT2D eigenvalue weighted by molar-refractivity contribution is 5.70. The summed E-state index contributed by atoms with van der Waals surface area (Å²) in [7, 11) is 0. The van der Waals surface area contributed by atoms with E-state index in [-0.39, 0.29) is 12.1 Å². The molecule has 2 rings (SSSR count). The standard InChI is InChI=1S/C22H39NO2/c1-5-6-7-8-9-10-11-12-13-18-16-19-14-15-20(17-18)23(19)21(24)25-22(2,3)4/h16,19-20H,5-15,17H2,1-4H3. The number of nitrogens with zero attached hydrogens (tertiary/aromatic N) is 1. The number of rotatable bonds is 9. The van der Waals surface area contributed by atoms with E-state index in [4.69, 9.17) is 4.74 Å². The minimum absolute atomic E-state index is 0.123. The number of amides is 1. The molecule has 25 heavy (non-hydrogen) atoms. The monoisotopic (exact) mass is 349 g/mol. The average molecular weight is 350 g/mol. The topological polar surface area (TPSA) is 29.5 Å². The predicted molar refractivity (Wildman–Crippen MR) is 105 cm³/mol. The van der Waals surface area contributed by atoms with Crippen LogP contribution in [-0.4, -0.2) is 28.7 Å². The van der Waals surface area contributed by atoms with E-state index in [1.54, 1.807) is 5.57 Å². The van der Waals surface area contributed by atoms with Crippen LogP contribution in [-0.2, 0) is 4.74 Å². The van der Waals surface area contributed by atoms with Crippen LogP contribution in [0.2, 0.25) is 0 Å². The van der Waals surface area contributed by atoms with Gasteiger partial charge in [0.2, 0.25) is 0 Å². The lowest BCUT2D eigenvalue weighted by Gasteiger charge is -2.35. The van der Waals surface area contributed by atoms with E-state index in [9.17, 15) is 4.79 Å². The molecule has 144 valence electrons. The number of hydrogen-bond donors (Lipinski definition) is 0. The maximum atomic E-state index is 12.5. The molecule has 2 heterocycles. The van der Waals surface area contributed by atoms with Crippen LogP contribution in [0.25, 0.3) is 0 Å². The van der Waals surface area contributed by atoms with Crippen LogP contribution in [0.1, 0.15) is 105 Å². The zero-order chi connectivity index (χ0) is 18.3. The average Bonchev–Trinajstić information content (AvgIpc) is 2.80. The van der Waals surface area contributed by atoms with Crippen molar-refractivity contribution in [3.05, 3.63) is 11.6 Å². The van der Waals surface area contributed by atoms with Crippen LogP contribution in [0.4, 0.5) is 4.79 Å². The Kier molecular flexibility index (Phi) is 7.83. The number of fused-ring (bicyclic) bond motifs is 2.